The molecule has 0 heterocycles. The van der Waals surface area contributed by atoms with Gasteiger partial charge in [-0.15, -0.1) is 20.5 Å². The minimum Gasteiger partial charge on any atom is -0.871 e. The van der Waals surface area contributed by atoms with Crippen molar-refractivity contribution in [3.05, 3.63) is 109 Å². The molecule has 3 N–H and O–H groups in total. The van der Waals surface area contributed by atoms with Gasteiger partial charge in [-0.2, -0.15) is 16.8 Å². The maximum Gasteiger partial charge on any atom is 1.00 e. The summed E-state index contributed by atoms with van der Waals surface area (Å²) in [5, 5.41) is 44.2. The molecule has 0 unspecified atom stereocenters. The van der Waals surface area contributed by atoms with Crippen LogP contribution in [-0.4, -0.2) is 66.1 Å². The van der Waals surface area contributed by atoms with E-state index in [9.17, 15) is 62.1 Å². The molecule has 0 bridgehead atoms. The van der Waals surface area contributed by atoms with Gasteiger partial charge in [-0.1, -0.05) is 47.9 Å². The normalized spacial score (nSPS) is 11.9. The van der Waals surface area contributed by atoms with Gasteiger partial charge in [0.2, 0.25) is 0 Å². The van der Waals surface area contributed by atoms with Crippen molar-refractivity contribution in [3.63, 3.8) is 0 Å². The first-order chi connectivity index (χ1) is 30.5. The molecular formula is C40H27N5Na4O16S4. The van der Waals surface area contributed by atoms with E-state index >= 15 is 0 Å². The van der Waals surface area contributed by atoms with Crippen molar-refractivity contribution >= 4 is 96.1 Å². The van der Waals surface area contributed by atoms with Crippen LogP contribution in [0.5, 0.6) is 23.0 Å². The Kier molecular flexibility index (Phi) is 20.6. The molecule has 69 heavy (non-hydrogen) atoms. The third-order valence-electron chi connectivity index (χ3n) is 9.48. The largest absolute Gasteiger partial charge is 1.00 e. The van der Waals surface area contributed by atoms with Crippen molar-refractivity contribution in [3.8, 4) is 34.1 Å². The van der Waals surface area contributed by atoms with E-state index in [4.69, 9.17) is 9.47 Å². The Morgan fingerprint density at radius 3 is 1.46 bits per heavy atom. The molecule has 29 heteroatoms. The average molecular weight is 1050 g/mol. The quantitative estimate of drug-likeness (QED) is 0.0552. The molecule has 0 aliphatic carbocycles. The molecule has 0 amide bonds. The molecule has 0 spiro atoms. The number of rotatable bonds is 13. The van der Waals surface area contributed by atoms with Crippen molar-refractivity contribution in [2.45, 2.75) is 19.6 Å². The van der Waals surface area contributed by atoms with Crippen LogP contribution in [0.1, 0.15) is 0 Å². The number of hydrogen-bond acceptors (Lipinski definition) is 19. The minimum absolute atomic E-state index is 0. The van der Waals surface area contributed by atoms with Crippen molar-refractivity contribution < 1.29 is 190 Å². The van der Waals surface area contributed by atoms with Crippen LogP contribution in [0.3, 0.4) is 0 Å². The predicted molar refractivity (Wildman–Crippen MR) is 225 cm³/mol. The van der Waals surface area contributed by atoms with Crippen LogP contribution >= 0.6 is 0 Å². The summed E-state index contributed by atoms with van der Waals surface area (Å²) in [6.45, 7) is 0. The minimum atomic E-state index is -5.68. The Balaban J connectivity index is 0.00000315. The zero-order chi connectivity index (χ0) is 47.2. The Morgan fingerprint density at radius 1 is 0.507 bits per heavy atom. The van der Waals surface area contributed by atoms with Crippen LogP contribution in [-0.2, 0) is 40.5 Å². The van der Waals surface area contributed by atoms with Gasteiger partial charge in [0.15, 0.2) is 0 Å². The Labute approximate surface area is 482 Å². The summed E-state index contributed by atoms with van der Waals surface area (Å²) in [6, 6.07) is 24.4. The molecule has 0 saturated heterocycles. The summed E-state index contributed by atoms with van der Waals surface area (Å²) in [4.78, 5) is -4.82. The standard InChI is InChI=1S/C40H31N5O16S4.4Na/c1-60-31-16-21(8-12-29(31)42-44-37-34(64(54,55)56)18-23-14-26(10-11-28(23)39(37)46)41-25-6-4-3-5-7-25)22-9-13-30(32(17-22)61-2)43-45-38-35(65(57,58)59)19-24-15-27(62(48,49)50)20-33(63(51,52)53)36(24)40(38)47;;;;/h3-20,41,46-47H,1-2H3,(H,48,49,50)(H,51,52,53)(H,54,55,56)(H,57,58,59);;;;/q;4*+1/p-4. The van der Waals surface area contributed by atoms with Crippen LogP contribution in [0, 0.1) is 0 Å². The summed E-state index contributed by atoms with van der Waals surface area (Å²) in [6.07, 6.45) is 0. The Bertz CT molecular complexity index is 3650. The molecule has 7 rings (SSSR count). The zero-order valence-corrected chi connectivity index (χ0v) is 48.2. The fourth-order valence-electron chi connectivity index (χ4n) is 6.52. The van der Waals surface area contributed by atoms with E-state index in [1.165, 1.54) is 62.8 Å². The summed E-state index contributed by atoms with van der Waals surface area (Å²) in [5.74, 6) is -2.40. The van der Waals surface area contributed by atoms with E-state index in [-0.39, 0.29) is 158 Å². The van der Waals surface area contributed by atoms with Gasteiger partial charge < -0.3 is 34.1 Å². The van der Waals surface area contributed by atoms with Gasteiger partial charge in [-0.25, -0.2) is 16.8 Å². The number of nitrogens with one attached hydrogen (secondary N) is 1. The molecule has 0 atom stereocenters. The van der Waals surface area contributed by atoms with E-state index in [1.807, 2.05) is 18.2 Å². The second kappa shape index (κ2) is 23.6. The molecule has 0 aromatic heterocycles. The first-order valence-electron chi connectivity index (χ1n) is 18.0. The van der Waals surface area contributed by atoms with E-state index in [1.54, 1.807) is 18.2 Å². The molecule has 0 radical (unpaired) electrons. The van der Waals surface area contributed by atoms with Gasteiger partial charge >= 0.3 is 118 Å². The monoisotopic (exact) mass is 1050 g/mol. The predicted octanol–water partition coefficient (Wildman–Crippen LogP) is -5.28. The van der Waals surface area contributed by atoms with Crippen molar-refractivity contribution in [1.82, 2.24) is 0 Å². The zero-order valence-electron chi connectivity index (χ0n) is 36.9. The van der Waals surface area contributed by atoms with E-state index in [2.05, 4.69) is 25.8 Å². The van der Waals surface area contributed by atoms with Gasteiger partial charge in [0.1, 0.15) is 52.9 Å². The van der Waals surface area contributed by atoms with Gasteiger partial charge in [-0.3, -0.25) is 9.11 Å². The van der Waals surface area contributed by atoms with E-state index in [0.29, 0.717) is 28.9 Å². The van der Waals surface area contributed by atoms with Crippen LogP contribution in [0.2, 0.25) is 0 Å². The summed E-state index contributed by atoms with van der Waals surface area (Å²) < 4.78 is 152. The molecule has 0 aliphatic rings. The first kappa shape index (κ1) is 60.2. The van der Waals surface area contributed by atoms with Crippen molar-refractivity contribution in [1.29, 1.82) is 0 Å². The van der Waals surface area contributed by atoms with Crippen LogP contribution in [0.25, 0.3) is 32.7 Å². The Hall–Kier alpha value is -3.10. The number of methoxy groups -OCH3 is 2. The number of hydrogen-bond donors (Lipinski definition) is 3. The first-order valence-corrected chi connectivity index (χ1v) is 23.7. The van der Waals surface area contributed by atoms with Gasteiger partial charge in [-0.05, 0) is 105 Å². The van der Waals surface area contributed by atoms with E-state index < -0.39 is 93.7 Å². The smallest absolute Gasteiger partial charge is 0.871 e. The number of fused-ring (bicyclic) bond motifs is 2. The van der Waals surface area contributed by atoms with Crippen LogP contribution < -0.4 is 143 Å². The number of nitrogens with zero attached hydrogens (tertiary/aromatic N) is 4. The summed E-state index contributed by atoms with van der Waals surface area (Å²) in [5.41, 5.74) is 0.118. The van der Waals surface area contributed by atoms with Gasteiger partial charge in [0.05, 0.1) is 35.4 Å². The number of anilines is 2. The average Bonchev–Trinajstić information content (AvgIpc) is 3.24. The fourth-order valence-corrected chi connectivity index (χ4v) is 9.17. The van der Waals surface area contributed by atoms with E-state index in [0.717, 1.165) is 11.8 Å². The van der Waals surface area contributed by atoms with Gasteiger partial charge in [0, 0.05) is 11.4 Å². The topological polar surface area (TPSA) is 349 Å². The molecule has 336 valence electrons. The van der Waals surface area contributed by atoms with Gasteiger partial charge in [0.25, 0.3) is 20.2 Å². The SMILES string of the molecule is COc1cc(-c2ccc(N=Nc3c(S(=O)(=O)O)cc4cc(S(=O)(=O)[O-])cc(S(=O)(=O)[O-])c4c3[O-])c(OC)c2)ccc1N=Nc1c(S(=O)(=O)O)cc2cc(Nc3ccccc3)ccc2c1[O-].[Na+].[Na+].[Na+].[Na+]. The molecule has 0 aliphatic heterocycles. The number of para-hydroxylation sites is 1. The summed E-state index contributed by atoms with van der Waals surface area (Å²) >= 11 is 0. The maximum atomic E-state index is 13.6. The number of azo groups is 2. The number of benzene rings is 7. The third kappa shape index (κ3) is 13.5. The second-order valence-electron chi connectivity index (χ2n) is 13.6. The summed E-state index contributed by atoms with van der Waals surface area (Å²) in [7, 11) is -19.0. The van der Waals surface area contributed by atoms with Crippen molar-refractivity contribution in [2.24, 2.45) is 20.5 Å². The Morgan fingerprint density at radius 2 is 1.00 bits per heavy atom. The molecule has 0 saturated carbocycles. The number of ether oxygens (including phenoxy) is 2. The van der Waals surface area contributed by atoms with Crippen LogP contribution in [0.15, 0.2) is 149 Å². The second-order valence-corrected chi connectivity index (χ2v) is 19.1. The van der Waals surface area contributed by atoms with Crippen LogP contribution in [0.4, 0.5) is 34.1 Å². The fraction of sp³-hybridized carbons (Fsp3) is 0.0500. The molecule has 7 aromatic rings. The molecule has 0 fully saturated rings. The molecule has 7 aromatic carbocycles. The maximum absolute atomic E-state index is 13.6. The molecular weight excluding hydrogens is 1030 g/mol. The third-order valence-corrected chi connectivity index (χ3v) is 12.9. The molecule has 21 nitrogen and oxygen atoms in total. The van der Waals surface area contributed by atoms with Crippen molar-refractivity contribution in [2.75, 3.05) is 19.5 Å².